The number of thioether (sulfide) groups is 1. The van der Waals surface area contributed by atoms with Gasteiger partial charge < -0.3 is 9.84 Å². The first-order chi connectivity index (χ1) is 18.7. The predicted octanol–water partition coefficient (Wildman–Crippen LogP) is 5.84. The smallest absolute Gasteiger partial charge is 0.406 e. The van der Waals surface area contributed by atoms with E-state index in [1.54, 1.807) is 6.21 Å². The number of hydrogen-bond acceptors (Lipinski definition) is 7. The van der Waals surface area contributed by atoms with E-state index in [0.717, 1.165) is 27.9 Å². The van der Waals surface area contributed by atoms with Crippen molar-refractivity contribution >= 4 is 28.8 Å². The third-order valence-corrected chi connectivity index (χ3v) is 6.81. The fraction of sp³-hybridized carbons (Fsp3) is 0.185. The summed E-state index contributed by atoms with van der Waals surface area (Å²) in [7, 11) is 0. The molecular formula is C27H23F3N6O2S. The first kappa shape index (κ1) is 26.4. The monoisotopic (exact) mass is 552 g/mol. The van der Waals surface area contributed by atoms with Gasteiger partial charge >= 0.3 is 6.36 Å². The van der Waals surface area contributed by atoms with Crippen LogP contribution in [0.4, 0.5) is 18.9 Å². The van der Waals surface area contributed by atoms with Gasteiger partial charge in [-0.2, -0.15) is 5.10 Å². The molecule has 0 radical (unpaired) electrons. The molecule has 1 atom stereocenters. The maximum atomic E-state index is 12.4. The Hall–Kier alpha value is -4.16. The molecule has 0 spiro atoms. The highest BCUT2D eigenvalue weighted by Gasteiger charge is 2.31. The van der Waals surface area contributed by atoms with Crippen LogP contribution in [0, 0.1) is 13.8 Å². The van der Waals surface area contributed by atoms with Gasteiger partial charge in [0.15, 0.2) is 17.2 Å². The van der Waals surface area contributed by atoms with Gasteiger partial charge in [0.25, 0.3) is 0 Å². The highest BCUT2D eigenvalue weighted by atomic mass is 32.2. The van der Waals surface area contributed by atoms with Gasteiger partial charge in [-0.1, -0.05) is 54.2 Å². The molecule has 1 aliphatic rings. The van der Waals surface area contributed by atoms with Crippen molar-refractivity contribution in [2.75, 3.05) is 5.75 Å². The molecule has 39 heavy (non-hydrogen) atoms. The maximum Gasteiger partial charge on any atom is 0.573 e. The molecule has 1 unspecified atom stereocenters. The predicted molar refractivity (Wildman–Crippen MR) is 144 cm³/mol. The standard InChI is InChI=1S/C27H23F3N6O2S/c1-17-4-3-5-18(2)24(17)33-26-36(23(37)15-39-26)32-14-19-6-8-20(9-7-19)25-31-16-35(34-25)21-10-12-22(13-11-21)38-27(28,29)30/h3-14,16,23,37H,15H2,1-2H3/b32-14+,33-26?. The van der Waals surface area contributed by atoms with Crippen molar-refractivity contribution in [1.82, 2.24) is 19.8 Å². The summed E-state index contributed by atoms with van der Waals surface area (Å²) in [5.74, 6) is 0.600. The molecule has 200 valence electrons. The summed E-state index contributed by atoms with van der Waals surface area (Å²) >= 11 is 1.45. The van der Waals surface area contributed by atoms with Crippen molar-refractivity contribution < 1.29 is 23.0 Å². The lowest BCUT2D eigenvalue weighted by Gasteiger charge is -2.16. The summed E-state index contributed by atoms with van der Waals surface area (Å²) in [6.07, 6.45) is -2.40. The van der Waals surface area contributed by atoms with E-state index in [-0.39, 0.29) is 5.75 Å². The molecule has 1 aromatic heterocycles. The fourth-order valence-electron chi connectivity index (χ4n) is 3.87. The molecule has 0 amide bonds. The van der Waals surface area contributed by atoms with Gasteiger partial charge in [0.1, 0.15) is 12.1 Å². The summed E-state index contributed by atoms with van der Waals surface area (Å²) in [4.78, 5) is 9.06. The van der Waals surface area contributed by atoms with Crippen LogP contribution in [0.5, 0.6) is 5.75 Å². The summed E-state index contributed by atoms with van der Waals surface area (Å²) in [6, 6.07) is 18.7. The van der Waals surface area contributed by atoms with E-state index in [0.29, 0.717) is 22.4 Å². The summed E-state index contributed by atoms with van der Waals surface area (Å²) in [5.41, 5.74) is 5.05. The lowest BCUT2D eigenvalue weighted by Crippen LogP contribution is -2.28. The highest BCUT2D eigenvalue weighted by molar-refractivity contribution is 8.14. The van der Waals surface area contributed by atoms with Gasteiger partial charge in [-0.15, -0.1) is 18.3 Å². The average Bonchev–Trinajstić information content (AvgIpc) is 3.52. The van der Waals surface area contributed by atoms with Crippen LogP contribution < -0.4 is 4.74 Å². The van der Waals surface area contributed by atoms with Gasteiger partial charge in [0, 0.05) is 11.3 Å². The van der Waals surface area contributed by atoms with Gasteiger partial charge in [0.2, 0.25) is 0 Å². The Kier molecular flexibility index (Phi) is 7.40. The van der Waals surface area contributed by atoms with E-state index >= 15 is 0 Å². The number of aliphatic hydroxyl groups is 1. The van der Waals surface area contributed by atoms with Gasteiger partial charge in [-0.05, 0) is 54.8 Å². The second-order valence-electron chi connectivity index (χ2n) is 8.69. The number of alkyl halides is 3. The number of aryl methyl sites for hydroxylation is 2. The lowest BCUT2D eigenvalue weighted by atomic mass is 10.1. The molecule has 12 heteroatoms. The number of benzene rings is 3. The van der Waals surface area contributed by atoms with Gasteiger partial charge in [-0.25, -0.2) is 19.7 Å². The van der Waals surface area contributed by atoms with Crippen molar-refractivity contribution in [3.05, 3.63) is 89.7 Å². The van der Waals surface area contributed by atoms with Crippen LogP contribution in [0.3, 0.4) is 0 Å². The van der Waals surface area contributed by atoms with Crippen LogP contribution in [0.15, 0.2) is 83.2 Å². The lowest BCUT2D eigenvalue weighted by molar-refractivity contribution is -0.274. The Morgan fingerprint density at radius 1 is 1.03 bits per heavy atom. The zero-order valence-electron chi connectivity index (χ0n) is 20.9. The number of amidine groups is 1. The first-order valence-electron chi connectivity index (χ1n) is 11.8. The number of aromatic nitrogens is 3. The van der Waals surface area contributed by atoms with E-state index in [1.807, 2.05) is 56.3 Å². The molecule has 1 fully saturated rings. The topological polar surface area (TPSA) is 88.1 Å². The van der Waals surface area contributed by atoms with Crippen LogP contribution >= 0.6 is 11.8 Å². The maximum absolute atomic E-state index is 12.4. The molecule has 1 N–H and O–H groups in total. The van der Waals surface area contributed by atoms with Crippen LogP contribution in [0.25, 0.3) is 17.1 Å². The molecule has 0 saturated carbocycles. The van der Waals surface area contributed by atoms with Crippen LogP contribution in [-0.2, 0) is 0 Å². The first-order valence-corrected chi connectivity index (χ1v) is 12.8. The molecule has 0 aliphatic carbocycles. The third-order valence-electron chi connectivity index (χ3n) is 5.81. The molecule has 1 saturated heterocycles. The fourth-order valence-corrected chi connectivity index (χ4v) is 4.76. The molecule has 0 bridgehead atoms. The molecular weight excluding hydrogens is 529 g/mol. The van der Waals surface area contributed by atoms with Crippen LogP contribution in [-0.4, -0.2) is 54.6 Å². The SMILES string of the molecule is Cc1cccc(C)c1N=C1SCC(O)N1/N=C/c1ccc(-c2ncn(-c3ccc(OC(F)(F)F)cc3)n2)cc1. The number of hydrogen-bond donors (Lipinski definition) is 1. The largest absolute Gasteiger partial charge is 0.573 e. The zero-order chi connectivity index (χ0) is 27.6. The van der Waals surface area contributed by atoms with E-state index in [2.05, 4.69) is 19.9 Å². The van der Waals surface area contributed by atoms with E-state index in [1.165, 1.54) is 52.0 Å². The van der Waals surface area contributed by atoms with Crippen molar-refractivity contribution in [2.24, 2.45) is 10.1 Å². The number of aliphatic hydroxyl groups excluding tert-OH is 1. The Labute approximate surface area is 226 Å². The highest BCUT2D eigenvalue weighted by Crippen LogP contribution is 2.30. The summed E-state index contributed by atoms with van der Waals surface area (Å²) in [5, 5.41) is 21.5. The van der Waals surface area contributed by atoms with Gasteiger partial charge in [-0.3, -0.25) is 0 Å². The van der Waals surface area contributed by atoms with Crippen molar-refractivity contribution in [2.45, 2.75) is 26.4 Å². The minimum Gasteiger partial charge on any atom is -0.406 e. The van der Waals surface area contributed by atoms with E-state index in [4.69, 9.17) is 4.99 Å². The molecule has 1 aliphatic heterocycles. The summed E-state index contributed by atoms with van der Waals surface area (Å²) in [6.45, 7) is 4.00. The second kappa shape index (κ2) is 10.9. The Morgan fingerprint density at radius 2 is 1.72 bits per heavy atom. The third kappa shape index (κ3) is 6.29. The minimum atomic E-state index is -4.75. The molecule has 8 nitrogen and oxygen atoms in total. The van der Waals surface area contributed by atoms with E-state index < -0.39 is 12.6 Å². The van der Waals surface area contributed by atoms with E-state index in [9.17, 15) is 18.3 Å². The minimum absolute atomic E-state index is 0.312. The quantitative estimate of drug-likeness (QED) is 0.303. The average molecular weight is 553 g/mol. The summed E-state index contributed by atoms with van der Waals surface area (Å²) < 4.78 is 42.5. The van der Waals surface area contributed by atoms with Crippen molar-refractivity contribution in [3.8, 4) is 22.8 Å². The van der Waals surface area contributed by atoms with Crippen LogP contribution in [0.2, 0.25) is 0 Å². The normalized spacial score (nSPS) is 16.9. The molecule has 5 rings (SSSR count). The number of hydrazone groups is 1. The Bertz CT molecular complexity index is 1500. The van der Waals surface area contributed by atoms with Crippen LogP contribution in [0.1, 0.15) is 16.7 Å². The zero-order valence-corrected chi connectivity index (χ0v) is 21.7. The number of aliphatic imine (C=N–C) groups is 1. The number of para-hydroxylation sites is 1. The van der Waals surface area contributed by atoms with Crippen molar-refractivity contribution in [1.29, 1.82) is 0 Å². The van der Waals surface area contributed by atoms with Crippen molar-refractivity contribution in [3.63, 3.8) is 0 Å². The Balaban J connectivity index is 1.28. The molecule has 3 aromatic carbocycles. The number of halogens is 3. The number of rotatable bonds is 6. The molecule has 4 aromatic rings. The van der Waals surface area contributed by atoms with Gasteiger partial charge in [0.05, 0.1) is 17.6 Å². The molecule has 2 heterocycles. The number of ether oxygens (including phenoxy) is 1. The second-order valence-corrected chi connectivity index (χ2v) is 9.68. The Morgan fingerprint density at radius 3 is 2.38 bits per heavy atom. The number of nitrogens with zero attached hydrogens (tertiary/aromatic N) is 6.